The summed E-state index contributed by atoms with van der Waals surface area (Å²) in [6, 6.07) is 10.1. The molecule has 23 heavy (non-hydrogen) atoms. The fourth-order valence-corrected chi connectivity index (χ4v) is 4.14. The van der Waals surface area contributed by atoms with Crippen LogP contribution in [0.5, 0.6) is 0 Å². The number of hydrogen-bond donors (Lipinski definition) is 0. The summed E-state index contributed by atoms with van der Waals surface area (Å²) >= 11 is 1.48. The number of ether oxygens (including phenoxy) is 2. The monoisotopic (exact) mass is 327 g/mol. The molecule has 4 nitrogen and oxygen atoms in total. The predicted octanol–water partition coefficient (Wildman–Crippen LogP) is 4.12. The van der Waals surface area contributed by atoms with E-state index < -0.39 is 0 Å². The van der Waals surface area contributed by atoms with Crippen LogP contribution in [0.2, 0.25) is 0 Å². The summed E-state index contributed by atoms with van der Waals surface area (Å²) in [4.78, 5) is 15.1. The molecule has 3 heterocycles. The highest BCUT2D eigenvalue weighted by Crippen LogP contribution is 2.48. The largest absolute Gasteiger partial charge is 0.462 e. The van der Waals surface area contributed by atoms with E-state index in [-0.39, 0.29) is 18.3 Å². The van der Waals surface area contributed by atoms with E-state index in [0.29, 0.717) is 11.5 Å². The van der Waals surface area contributed by atoms with Gasteiger partial charge >= 0.3 is 5.97 Å². The van der Waals surface area contributed by atoms with Crippen molar-refractivity contribution in [1.29, 1.82) is 0 Å². The fraction of sp³-hybridized carbons (Fsp3) is 0.278. The lowest BCUT2D eigenvalue weighted by Gasteiger charge is -2.21. The normalized spacial score (nSPS) is 21.4. The van der Waals surface area contributed by atoms with Crippen molar-refractivity contribution in [2.45, 2.75) is 26.2 Å². The number of anilines is 2. The average Bonchev–Trinajstić information content (AvgIpc) is 3.26. The lowest BCUT2D eigenvalue weighted by Crippen LogP contribution is -2.21. The summed E-state index contributed by atoms with van der Waals surface area (Å²) in [7, 11) is 0. The molecule has 1 aromatic heterocycles. The Hall–Kier alpha value is -2.11. The minimum absolute atomic E-state index is 0.00277. The lowest BCUT2D eigenvalue weighted by molar-refractivity contribution is 0.0531. The van der Waals surface area contributed by atoms with E-state index in [9.17, 15) is 4.79 Å². The van der Waals surface area contributed by atoms with E-state index in [2.05, 4.69) is 29.2 Å². The van der Waals surface area contributed by atoms with Gasteiger partial charge in [0.05, 0.1) is 6.61 Å². The third kappa shape index (κ3) is 2.36. The van der Waals surface area contributed by atoms with Gasteiger partial charge in [-0.25, -0.2) is 4.79 Å². The molecule has 0 N–H and O–H groups in total. The van der Waals surface area contributed by atoms with Crippen molar-refractivity contribution < 1.29 is 14.3 Å². The van der Waals surface area contributed by atoms with Crippen LogP contribution in [-0.4, -0.2) is 24.9 Å². The van der Waals surface area contributed by atoms with E-state index in [1.54, 1.807) is 0 Å². The van der Waals surface area contributed by atoms with Crippen LogP contribution in [-0.2, 0) is 9.47 Å². The van der Waals surface area contributed by atoms with E-state index in [4.69, 9.17) is 9.47 Å². The first kappa shape index (κ1) is 14.5. The van der Waals surface area contributed by atoms with Crippen LogP contribution in [0.1, 0.15) is 27.7 Å². The molecule has 0 amide bonds. The minimum Gasteiger partial charge on any atom is -0.462 e. The van der Waals surface area contributed by atoms with Crippen LogP contribution in [0.3, 0.4) is 0 Å². The van der Waals surface area contributed by atoms with Gasteiger partial charge in [0, 0.05) is 11.3 Å². The van der Waals surface area contributed by atoms with Crippen molar-refractivity contribution in [2.24, 2.45) is 0 Å². The maximum Gasteiger partial charge on any atom is 0.348 e. The highest BCUT2D eigenvalue weighted by Gasteiger charge is 2.46. The smallest absolute Gasteiger partial charge is 0.348 e. The van der Waals surface area contributed by atoms with Crippen molar-refractivity contribution in [1.82, 2.24) is 0 Å². The third-order valence-corrected chi connectivity index (χ3v) is 5.38. The molecular weight excluding hydrogens is 310 g/mol. The summed E-state index contributed by atoms with van der Waals surface area (Å²) < 4.78 is 11.0. The Kier molecular flexibility index (Phi) is 3.47. The fourth-order valence-electron chi connectivity index (χ4n) is 2.90. The van der Waals surface area contributed by atoms with Gasteiger partial charge in [0.15, 0.2) is 6.23 Å². The number of esters is 1. The summed E-state index contributed by atoms with van der Waals surface area (Å²) in [5.41, 5.74) is 3.13. The number of rotatable bonds is 3. The highest BCUT2D eigenvalue weighted by atomic mass is 32.1. The first-order valence-corrected chi connectivity index (χ1v) is 8.50. The minimum atomic E-state index is -0.252. The Morgan fingerprint density at radius 3 is 2.87 bits per heavy atom. The number of benzene rings is 1. The first-order chi connectivity index (χ1) is 11.2. The number of thiophene rings is 1. The van der Waals surface area contributed by atoms with Crippen molar-refractivity contribution in [3.05, 3.63) is 52.4 Å². The van der Waals surface area contributed by atoms with Crippen LogP contribution in [0.4, 0.5) is 10.7 Å². The van der Waals surface area contributed by atoms with Gasteiger partial charge in [0.2, 0.25) is 0 Å². The second kappa shape index (κ2) is 5.51. The molecule has 2 aromatic rings. The molecule has 2 atom stereocenters. The van der Waals surface area contributed by atoms with Crippen LogP contribution in [0, 0.1) is 6.92 Å². The zero-order valence-corrected chi connectivity index (χ0v) is 13.8. The molecule has 1 fully saturated rings. The topological polar surface area (TPSA) is 42.1 Å². The SMILES string of the molecule is CCOC(=O)c1sc2c(c1C)C=CC1OC1N2c1ccccc1. The highest BCUT2D eigenvalue weighted by molar-refractivity contribution is 7.18. The van der Waals surface area contributed by atoms with Gasteiger partial charge in [-0.05, 0) is 31.5 Å². The molecular formula is C18H17NO3S. The Morgan fingerprint density at radius 2 is 2.13 bits per heavy atom. The molecule has 0 aliphatic carbocycles. The number of para-hydroxylation sites is 1. The second-order valence-electron chi connectivity index (χ2n) is 5.55. The molecule has 2 aliphatic rings. The Bertz CT molecular complexity index is 781. The van der Waals surface area contributed by atoms with E-state index in [1.165, 1.54) is 11.3 Å². The Labute approximate surface area is 138 Å². The zero-order valence-electron chi connectivity index (χ0n) is 13.0. The number of hydrogen-bond acceptors (Lipinski definition) is 5. The number of fused-ring (bicyclic) bond motifs is 2. The van der Waals surface area contributed by atoms with Crippen molar-refractivity contribution >= 4 is 34.1 Å². The molecule has 0 saturated carbocycles. The van der Waals surface area contributed by atoms with E-state index in [1.807, 2.05) is 32.0 Å². The number of carbonyl (C=O) groups excluding carboxylic acids is 1. The first-order valence-electron chi connectivity index (χ1n) is 7.69. The van der Waals surface area contributed by atoms with Gasteiger partial charge in [-0.2, -0.15) is 0 Å². The van der Waals surface area contributed by atoms with E-state index in [0.717, 1.165) is 21.8 Å². The molecule has 0 bridgehead atoms. The van der Waals surface area contributed by atoms with Gasteiger partial charge < -0.3 is 14.4 Å². The van der Waals surface area contributed by atoms with Gasteiger partial charge in [-0.15, -0.1) is 11.3 Å². The molecule has 4 rings (SSSR count). The molecule has 1 saturated heterocycles. The average molecular weight is 327 g/mol. The Balaban J connectivity index is 1.83. The number of epoxide rings is 1. The number of carbonyl (C=O) groups is 1. The standard InChI is InChI=1S/C18H17NO3S/c1-3-21-18(20)15-11(2)13-9-10-14-16(22-14)19(17(13)23-15)12-7-5-4-6-8-12/h4-10,14,16H,3H2,1-2H3. The molecule has 0 radical (unpaired) electrons. The third-order valence-electron chi connectivity index (χ3n) is 4.10. The van der Waals surface area contributed by atoms with E-state index >= 15 is 0 Å². The van der Waals surface area contributed by atoms with Gasteiger partial charge in [-0.1, -0.05) is 30.4 Å². The van der Waals surface area contributed by atoms with Crippen LogP contribution in [0.25, 0.3) is 6.08 Å². The lowest BCUT2D eigenvalue weighted by atomic mass is 10.1. The van der Waals surface area contributed by atoms with Crippen LogP contribution < -0.4 is 4.90 Å². The summed E-state index contributed by atoms with van der Waals surface area (Å²) in [5, 5.41) is 1.04. The van der Waals surface area contributed by atoms with Crippen LogP contribution in [0.15, 0.2) is 36.4 Å². The quantitative estimate of drug-likeness (QED) is 0.628. The predicted molar refractivity (Wildman–Crippen MR) is 91.3 cm³/mol. The molecule has 5 heteroatoms. The molecule has 1 aromatic carbocycles. The second-order valence-corrected chi connectivity index (χ2v) is 6.55. The summed E-state index contributed by atoms with van der Waals surface area (Å²) in [6.07, 6.45) is 4.25. The van der Waals surface area contributed by atoms with Crippen molar-refractivity contribution in [2.75, 3.05) is 11.5 Å². The maximum absolute atomic E-state index is 12.2. The van der Waals surface area contributed by atoms with Gasteiger partial charge in [0.25, 0.3) is 0 Å². The van der Waals surface area contributed by atoms with Crippen LogP contribution >= 0.6 is 11.3 Å². The van der Waals surface area contributed by atoms with Crippen molar-refractivity contribution in [3.8, 4) is 0 Å². The van der Waals surface area contributed by atoms with Gasteiger partial charge in [0.1, 0.15) is 16.0 Å². The summed E-state index contributed by atoms with van der Waals surface area (Å²) in [6.45, 7) is 4.18. The molecule has 2 unspecified atom stereocenters. The molecule has 2 aliphatic heterocycles. The summed E-state index contributed by atoms with van der Waals surface area (Å²) in [5.74, 6) is -0.252. The van der Waals surface area contributed by atoms with Crippen molar-refractivity contribution in [3.63, 3.8) is 0 Å². The van der Waals surface area contributed by atoms with Gasteiger partial charge in [-0.3, -0.25) is 0 Å². The zero-order chi connectivity index (χ0) is 16.0. The molecule has 0 spiro atoms. The number of nitrogens with zero attached hydrogens (tertiary/aromatic N) is 1. The maximum atomic E-state index is 12.2. The Morgan fingerprint density at radius 1 is 1.35 bits per heavy atom. The molecule has 118 valence electrons.